The normalized spacial score (nSPS) is 14.4. The summed E-state index contributed by atoms with van der Waals surface area (Å²) in [5.41, 5.74) is 1.01. The van der Waals surface area contributed by atoms with Gasteiger partial charge in [-0.1, -0.05) is 68.7 Å². The molecule has 10 heteroatoms. The Morgan fingerprint density at radius 3 is 2.16 bits per heavy atom. The van der Waals surface area contributed by atoms with E-state index >= 15 is 0 Å². The van der Waals surface area contributed by atoms with Gasteiger partial charge >= 0.3 is 0 Å². The summed E-state index contributed by atoms with van der Waals surface area (Å²) in [6, 6.07) is 21.2. The molecule has 0 spiro atoms. The highest BCUT2D eigenvalue weighted by Gasteiger charge is 2.35. The van der Waals surface area contributed by atoms with Crippen molar-refractivity contribution in [1.82, 2.24) is 10.2 Å². The summed E-state index contributed by atoms with van der Waals surface area (Å²) in [5.74, 6) is 0.233. The average Bonchev–Trinajstić information content (AvgIpc) is 3.04. The Balaban J connectivity index is 1.72. The van der Waals surface area contributed by atoms with Gasteiger partial charge in [0.05, 0.1) is 24.8 Å². The molecule has 0 bridgehead atoms. The second-order valence-electron chi connectivity index (χ2n) is 10.6. The summed E-state index contributed by atoms with van der Waals surface area (Å²) < 4.78 is 39.9. The third kappa shape index (κ3) is 7.87. The number of hydrogen-bond acceptors (Lipinski definition) is 6. The Labute approximate surface area is 254 Å². The van der Waals surface area contributed by atoms with Crippen molar-refractivity contribution in [2.75, 3.05) is 25.1 Å². The Morgan fingerprint density at radius 1 is 0.884 bits per heavy atom. The van der Waals surface area contributed by atoms with E-state index in [0.717, 1.165) is 42.0 Å². The summed E-state index contributed by atoms with van der Waals surface area (Å²) in [6.45, 7) is 1.45. The number of para-hydroxylation sites is 2. The second-order valence-corrected chi connectivity index (χ2v) is 12.5. The van der Waals surface area contributed by atoms with Crippen LogP contribution in [0, 0.1) is 0 Å². The van der Waals surface area contributed by atoms with Crippen LogP contribution in [0.3, 0.4) is 0 Å². The van der Waals surface area contributed by atoms with Gasteiger partial charge in [0, 0.05) is 12.6 Å². The molecule has 0 radical (unpaired) electrons. The number of carbonyl (C=O) groups excluding carboxylic acids is 2. The number of methoxy groups -OCH3 is 2. The number of benzene rings is 3. The van der Waals surface area contributed by atoms with E-state index in [2.05, 4.69) is 5.32 Å². The van der Waals surface area contributed by atoms with Gasteiger partial charge in [-0.2, -0.15) is 0 Å². The van der Waals surface area contributed by atoms with Crippen molar-refractivity contribution in [3.8, 4) is 11.5 Å². The van der Waals surface area contributed by atoms with E-state index < -0.39 is 28.5 Å². The molecule has 1 saturated carbocycles. The van der Waals surface area contributed by atoms with Crippen molar-refractivity contribution in [3.63, 3.8) is 0 Å². The van der Waals surface area contributed by atoms with E-state index in [9.17, 15) is 18.0 Å². The predicted octanol–water partition coefficient (Wildman–Crippen LogP) is 5.16. The lowest BCUT2D eigenvalue weighted by Gasteiger charge is -2.34. The maximum atomic E-state index is 14.3. The van der Waals surface area contributed by atoms with Gasteiger partial charge in [-0.3, -0.25) is 13.9 Å². The SMILES string of the molecule is CCC(C(=O)NC1CCCCC1)N(Cc1ccc(OC)cc1)C(=O)CN(c1ccccc1OC)S(=O)(=O)c1ccccc1. The van der Waals surface area contributed by atoms with Crippen molar-refractivity contribution < 1.29 is 27.5 Å². The van der Waals surface area contributed by atoms with Crippen LogP contribution in [0.4, 0.5) is 5.69 Å². The van der Waals surface area contributed by atoms with Gasteiger partial charge in [-0.25, -0.2) is 8.42 Å². The Hall–Kier alpha value is -4.05. The molecule has 0 aromatic heterocycles. The first-order valence-corrected chi connectivity index (χ1v) is 16.2. The molecule has 3 aromatic rings. The molecule has 43 heavy (non-hydrogen) atoms. The molecule has 9 nitrogen and oxygen atoms in total. The fourth-order valence-corrected chi connectivity index (χ4v) is 6.91. The number of nitrogens with zero attached hydrogens (tertiary/aromatic N) is 2. The highest BCUT2D eigenvalue weighted by molar-refractivity contribution is 7.92. The van der Waals surface area contributed by atoms with Crippen LogP contribution in [0.15, 0.2) is 83.8 Å². The van der Waals surface area contributed by atoms with Crippen LogP contribution in [-0.4, -0.2) is 58.0 Å². The van der Waals surface area contributed by atoms with Gasteiger partial charge in [0.2, 0.25) is 11.8 Å². The van der Waals surface area contributed by atoms with Crippen molar-refractivity contribution >= 4 is 27.5 Å². The average molecular weight is 608 g/mol. The molecule has 4 rings (SSSR count). The molecule has 1 fully saturated rings. The minimum Gasteiger partial charge on any atom is -0.497 e. The van der Waals surface area contributed by atoms with Gasteiger partial charge < -0.3 is 19.7 Å². The van der Waals surface area contributed by atoms with Crippen LogP contribution in [0.2, 0.25) is 0 Å². The van der Waals surface area contributed by atoms with Crippen molar-refractivity contribution in [2.45, 2.75) is 69.0 Å². The number of carbonyl (C=O) groups is 2. The van der Waals surface area contributed by atoms with E-state index in [1.54, 1.807) is 61.7 Å². The maximum Gasteiger partial charge on any atom is 0.264 e. The lowest BCUT2D eigenvalue weighted by atomic mass is 9.95. The van der Waals surface area contributed by atoms with E-state index in [-0.39, 0.29) is 29.1 Å². The van der Waals surface area contributed by atoms with E-state index in [0.29, 0.717) is 17.9 Å². The number of anilines is 1. The zero-order valence-corrected chi connectivity index (χ0v) is 25.9. The zero-order valence-electron chi connectivity index (χ0n) is 25.1. The Kier molecular flexibility index (Phi) is 11.1. The number of ether oxygens (including phenoxy) is 2. The van der Waals surface area contributed by atoms with Crippen LogP contribution >= 0.6 is 0 Å². The minimum atomic E-state index is -4.18. The third-order valence-electron chi connectivity index (χ3n) is 7.81. The molecule has 1 N–H and O–H groups in total. The zero-order chi connectivity index (χ0) is 30.8. The highest BCUT2D eigenvalue weighted by Crippen LogP contribution is 2.32. The topological polar surface area (TPSA) is 105 Å². The molecule has 1 unspecified atom stereocenters. The number of hydrogen-bond donors (Lipinski definition) is 1. The minimum absolute atomic E-state index is 0.0393. The number of nitrogens with one attached hydrogen (secondary N) is 1. The summed E-state index contributed by atoms with van der Waals surface area (Å²) in [7, 11) is -1.16. The van der Waals surface area contributed by atoms with Crippen LogP contribution in [0.25, 0.3) is 0 Å². The first-order valence-electron chi connectivity index (χ1n) is 14.7. The van der Waals surface area contributed by atoms with Crippen molar-refractivity contribution in [3.05, 3.63) is 84.4 Å². The van der Waals surface area contributed by atoms with E-state index in [1.165, 1.54) is 24.1 Å². The van der Waals surface area contributed by atoms with Gasteiger partial charge in [0.15, 0.2) is 0 Å². The molecule has 0 heterocycles. The van der Waals surface area contributed by atoms with Gasteiger partial charge in [-0.05, 0) is 61.2 Å². The van der Waals surface area contributed by atoms with Gasteiger partial charge in [0.1, 0.15) is 24.1 Å². The van der Waals surface area contributed by atoms with E-state index in [4.69, 9.17) is 9.47 Å². The summed E-state index contributed by atoms with van der Waals surface area (Å²) in [6.07, 6.45) is 5.45. The Bertz CT molecular complexity index is 1460. The van der Waals surface area contributed by atoms with Crippen LogP contribution in [0.1, 0.15) is 51.0 Å². The number of amides is 2. The van der Waals surface area contributed by atoms with E-state index in [1.807, 2.05) is 19.1 Å². The fourth-order valence-electron chi connectivity index (χ4n) is 5.46. The maximum absolute atomic E-state index is 14.3. The predicted molar refractivity (Wildman–Crippen MR) is 167 cm³/mol. The standard InChI is InChI=1S/C33H41N3O6S/c1-4-29(33(38)34-26-13-7-5-8-14-26)35(23-25-19-21-27(41-2)22-20-25)32(37)24-36(30-17-11-12-18-31(30)42-3)43(39,40)28-15-9-6-10-16-28/h6,9-12,15-22,26,29H,4-5,7-8,13-14,23-24H2,1-3H3,(H,34,38). The molecular weight excluding hydrogens is 566 g/mol. The van der Waals surface area contributed by atoms with Crippen LogP contribution in [-0.2, 0) is 26.2 Å². The monoisotopic (exact) mass is 607 g/mol. The largest absolute Gasteiger partial charge is 0.497 e. The summed E-state index contributed by atoms with van der Waals surface area (Å²) >= 11 is 0. The first kappa shape index (κ1) is 31.9. The van der Waals surface area contributed by atoms with Crippen LogP contribution < -0.4 is 19.1 Å². The quantitative estimate of drug-likeness (QED) is 0.288. The lowest BCUT2D eigenvalue weighted by molar-refractivity contribution is -0.140. The summed E-state index contributed by atoms with van der Waals surface area (Å²) in [5, 5.41) is 3.16. The smallest absolute Gasteiger partial charge is 0.264 e. The lowest BCUT2D eigenvalue weighted by Crippen LogP contribution is -2.54. The molecule has 2 amide bonds. The first-order chi connectivity index (χ1) is 20.8. The van der Waals surface area contributed by atoms with Crippen molar-refractivity contribution in [1.29, 1.82) is 0 Å². The van der Waals surface area contributed by atoms with Gasteiger partial charge in [0.25, 0.3) is 10.0 Å². The van der Waals surface area contributed by atoms with Gasteiger partial charge in [-0.15, -0.1) is 0 Å². The third-order valence-corrected chi connectivity index (χ3v) is 9.59. The highest BCUT2D eigenvalue weighted by atomic mass is 32.2. The molecule has 1 atom stereocenters. The molecular formula is C33H41N3O6S. The van der Waals surface area contributed by atoms with Crippen LogP contribution in [0.5, 0.6) is 11.5 Å². The molecule has 1 aliphatic carbocycles. The molecule has 230 valence electrons. The fraction of sp³-hybridized carbons (Fsp3) is 0.394. The molecule has 1 aliphatic rings. The Morgan fingerprint density at radius 2 is 1.53 bits per heavy atom. The summed E-state index contributed by atoms with van der Waals surface area (Å²) in [4.78, 5) is 29.5. The number of sulfonamides is 1. The second kappa shape index (κ2) is 14.9. The number of rotatable bonds is 13. The molecule has 0 saturated heterocycles. The van der Waals surface area contributed by atoms with Crippen molar-refractivity contribution in [2.24, 2.45) is 0 Å². The molecule has 3 aromatic carbocycles. The molecule has 0 aliphatic heterocycles.